The lowest BCUT2D eigenvalue weighted by atomic mass is 9.97. The predicted octanol–water partition coefficient (Wildman–Crippen LogP) is 2.90. The Hall–Kier alpha value is -1.80. The number of amides is 2. The molecule has 1 aliphatic carbocycles. The summed E-state index contributed by atoms with van der Waals surface area (Å²) in [5, 5.41) is 5.53. The summed E-state index contributed by atoms with van der Waals surface area (Å²) in [6.45, 7) is 0.555. The second-order valence-electron chi connectivity index (χ2n) is 6.77. The highest BCUT2D eigenvalue weighted by Gasteiger charge is 2.21. The number of sulfone groups is 1. The first kappa shape index (κ1) is 19.9. The van der Waals surface area contributed by atoms with E-state index in [4.69, 9.17) is 0 Å². The molecule has 2 amide bonds. The summed E-state index contributed by atoms with van der Waals surface area (Å²) in [6, 6.07) is 4.65. The molecule has 146 valence electrons. The number of nitrogens with one attached hydrogen (secondary N) is 2. The van der Waals surface area contributed by atoms with Crippen LogP contribution in [0.4, 0.5) is 5.69 Å². The van der Waals surface area contributed by atoms with Crippen molar-refractivity contribution in [3.8, 4) is 0 Å². The van der Waals surface area contributed by atoms with E-state index >= 15 is 0 Å². The van der Waals surface area contributed by atoms with Crippen molar-refractivity contribution in [2.24, 2.45) is 0 Å². The van der Waals surface area contributed by atoms with E-state index in [0.717, 1.165) is 24.2 Å². The number of thioether (sulfide) groups is 1. The number of benzene rings is 1. The van der Waals surface area contributed by atoms with Gasteiger partial charge in [-0.1, -0.05) is 11.6 Å². The summed E-state index contributed by atoms with van der Waals surface area (Å²) in [5.41, 5.74) is 2.01. The quantitative estimate of drug-likeness (QED) is 0.677. The molecule has 1 heterocycles. The highest BCUT2D eigenvalue weighted by atomic mass is 32.2. The molecule has 1 aromatic carbocycles. The van der Waals surface area contributed by atoms with E-state index in [1.807, 2.05) is 0 Å². The van der Waals surface area contributed by atoms with Gasteiger partial charge in [0.2, 0.25) is 11.8 Å². The lowest BCUT2D eigenvalue weighted by Crippen LogP contribution is -2.27. The van der Waals surface area contributed by atoms with Crippen LogP contribution in [0.1, 0.15) is 38.5 Å². The molecule has 0 bridgehead atoms. The lowest BCUT2D eigenvalue weighted by Gasteiger charge is -2.17. The number of rotatable bonds is 7. The van der Waals surface area contributed by atoms with Gasteiger partial charge in [0, 0.05) is 17.9 Å². The Kier molecular flexibility index (Phi) is 6.59. The number of hydrogen-bond acceptors (Lipinski definition) is 5. The zero-order chi connectivity index (χ0) is 19.3. The van der Waals surface area contributed by atoms with Gasteiger partial charge < -0.3 is 10.6 Å². The van der Waals surface area contributed by atoms with Crippen molar-refractivity contribution in [1.82, 2.24) is 5.32 Å². The zero-order valence-electron chi connectivity index (χ0n) is 15.1. The molecule has 1 aromatic rings. The van der Waals surface area contributed by atoms with Crippen LogP contribution in [0.2, 0.25) is 0 Å². The van der Waals surface area contributed by atoms with Gasteiger partial charge in [-0.25, -0.2) is 8.42 Å². The number of carbonyl (C=O) groups is 2. The molecule has 3 rings (SSSR count). The Morgan fingerprint density at radius 1 is 1.26 bits per heavy atom. The van der Waals surface area contributed by atoms with E-state index in [2.05, 4.69) is 16.7 Å². The fourth-order valence-corrected chi connectivity index (χ4v) is 5.36. The SMILES string of the molecule is O=C(CCS(=O)(=O)c1ccc2c(c1)SCC(=O)N2)NCCC1=CCCCC1. The summed E-state index contributed by atoms with van der Waals surface area (Å²) in [5.74, 6) is -0.287. The monoisotopic (exact) mass is 408 g/mol. The van der Waals surface area contributed by atoms with Crippen LogP contribution in [0, 0.1) is 0 Å². The van der Waals surface area contributed by atoms with Crippen molar-refractivity contribution >= 4 is 39.1 Å². The van der Waals surface area contributed by atoms with Gasteiger partial charge in [-0.15, -0.1) is 11.8 Å². The van der Waals surface area contributed by atoms with Crippen molar-refractivity contribution in [1.29, 1.82) is 0 Å². The molecule has 0 atom stereocenters. The topological polar surface area (TPSA) is 92.3 Å². The standard InChI is InChI=1S/C19H24N2O4S2/c22-18(20-10-8-14-4-2-1-3-5-14)9-11-27(24,25)15-6-7-16-17(12-15)26-13-19(23)21-16/h4,6-7,12H,1-3,5,8-11,13H2,(H,20,22)(H,21,23). The van der Waals surface area contributed by atoms with E-state index in [-0.39, 0.29) is 34.6 Å². The molecule has 2 aliphatic rings. The Morgan fingerprint density at radius 3 is 2.89 bits per heavy atom. The molecule has 1 aliphatic heterocycles. The number of allylic oxidation sites excluding steroid dienone is 1. The molecular formula is C19H24N2O4S2. The van der Waals surface area contributed by atoms with Gasteiger partial charge in [0.15, 0.2) is 9.84 Å². The van der Waals surface area contributed by atoms with Gasteiger partial charge in [-0.05, 0) is 50.3 Å². The second kappa shape index (κ2) is 8.93. The van der Waals surface area contributed by atoms with E-state index in [0.29, 0.717) is 12.2 Å². The maximum absolute atomic E-state index is 12.5. The summed E-state index contributed by atoms with van der Waals surface area (Å²) < 4.78 is 25.0. The average Bonchev–Trinajstić information content (AvgIpc) is 2.67. The molecule has 0 saturated carbocycles. The van der Waals surface area contributed by atoms with E-state index < -0.39 is 9.84 Å². The van der Waals surface area contributed by atoms with Gasteiger partial charge in [-0.3, -0.25) is 9.59 Å². The van der Waals surface area contributed by atoms with Crippen LogP contribution in [0.15, 0.2) is 39.6 Å². The molecule has 0 aromatic heterocycles. The third kappa shape index (κ3) is 5.59. The molecule has 2 N–H and O–H groups in total. The van der Waals surface area contributed by atoms with Crippen LogP contribution in [0.25, 0.3) is 0 Å². The maximum Gasteiger partial charge on any atom is 0.234 e. The predicted molar refractivity (Wildman–Crippen MR) is 107 cm³/mol. The van der Waals surface area contributed by atoms with Gasteiger partial charge in [-0.2, -0.15) is 0 Å². The van der Waals surface area contributed by atoms with Gasteiger partial charge in [0.1, 0.15) is 0 Å². The minimum atomic E-state index is -3.55. The first-order chi connectivity index (χ1) is 12.9. The fourth-order valence-electron chi connectivity index (χ4n) is 3.18. The Labute approximate surface area is 164 Å². The van der Waals surface area contributed by atoms with E-state index in [1.165, 1.54) is 36.2 Å². The molecule has 0 saturated heterocycles. The van der Waals surface area contributed by atoms with Crippen LogP contribution < -0.4 is 10.6 Å². The molecule has 0 radical (unpaired) electrons. The summed E-state index contributed by atoms with van der Waals surface area (Å²) in [6.07, 6.45) is 7.69. The first-order valence-electron chi connectivity index (χ1n) is 9.18. The minimum Gasteiger partial charge on any atom is -0.356 e. The smallest absolute Gasteiger partial charge is 0.234 e. The number of anilines is 1. The number of hydrogen-bond donors (Lipinski definition) is 2. The van der Waals surface area contributed by atoms with E-state index in [9.17, 15) is 18.0 Å². The third-order valence-corrected chi connectivity index (χ3v) is 7.47. The lowest BCUT2D eigenvalue weighted by molar-refractivity contribution is -0.120. The van der Waals surface area contributed by atoms with Crippen LogP contribution in [-0.4, -0.2) is 38.3 Å². The Morgan fingerprint density at radius 2 is 2.11 bits per heavy atom. The minimum absolute atomic E-state index is 0.0532. The Balaban J connectivity index is 1.50. The summed E-state index contributed by atoms with van der Waals surface area (Å²) >= 11 is 1.31. The fraction of sp³-hybridized carbons (Fsp3) is 0.474. The molecule has 0 fully saturated rings. The highest BCUT2D eigenvalue weighted by molar-refractivity contribution is 8.00. The summed E-state index contributed by atoms with van der Waals surface area (Å²) in [4.78, 5) is 24.3. The third-order valence-electron chi connectivity index (χ3n) is 4.70. The molecule has 0 spiro atoms. The molecule has 8 heteroatoms. The van der Waals surface area contributed by atoms with Gasteiger partial charge >= 0.3 is 0 Å². The van der Waals surface area contributed by atoms with Crippen molar-refractivity contribution in [2.75, 3.05) is 23.4 Å². The molecule has 6 nitrogen and oxygen atoms in total. The maximum atomic E-state index is 12.5. The number of fused-ring (bicyclic) bond motifs is 1. The number of carbonyl (C=O) groups excluding carboxylic acids is 2. The zero-order valence-corrected chi connectivity index (χ0v) is 16.8. The van der Waals surface area contributed by atoms with Crippen LogP contribution in [0.3, 0.4) is 0 Å². The average molecular weight is 409 g/mol. The Bertz CT molecular complexity index is 862. The van der Waals surface area contributed by atoms with Gasteiger partial charge in [0.05, 0.1) is 22.1 Å². The molecule has 27 heavy (non-hydrogen) atoms. The summed E-state index contributed by atoms with van der Waals surface area (Å²) in [7, 11) is -3.55. The van der Waals surface area contributed by atoms with Crippen molar-refractivity contribution < 1.29 is 18.0 Å². The molecular weight excluding hydrogens is 384 g/mol. The second-order valence-corrected chi connectivity index (χ2v) is 9.90. The van der Waals surface area contributed by atoms with Crippen LogP contribution in [-0.2, 0) is 19.4 Å². The largest absolute Gasteiger partial charge is 0.356 e. The normalized spacial score (nSPS) is 16.9. The van der Waals surface area contributed by atoms with E-state index in [1.54, 1.807) is 12.1 Å². The van der Waals surface area contributed by atoms with Crippen molar-refractivity contribution in [2.45, 2.75) is 48.3 Å². The van der Waals surface area contributed by atoms with Gasteiger partial charge in [0.25, 0.3) is 0 Å². The van der Waals surface area contributed by atoms with Crippen LogP contribution in [0.5, 0.6) is 0 Å². The highest BCUT2D eigenvalue weighted by Crippen LogP contribution is 2.33. The van der Waals surface area contributed by atoms with Crippen molar-refractivity contribution in [3.63, 3.8) is 0 Å². The van der Waals surface area contributed by atoms with Crippen LogP contribution >= 0.6 is 11.8 Å². The first-order valence-corrected chi connectivity index (χ1v) is 11.8. The molecule has 0 unspecified atom stereocenters. The van der Waals surface area contributed by atoms with Crippen molar-refractivity contribution in [3.05, 3.63) is 29.8 Å².